The van der Waals surface area contributed by atoms with Gasteiger partial charge in [-0.05, 0) is 39.0 Å². The lowest BCUT2D eigenvalue weighted by Crippen LogP contribution is -2.55. The third kappa shape index (κ3) is 1.46. The Bertz CT molecular complexity index is 516. The smallest absolute Gasteiger partial charge is 0.235 e. The number of hydrogen-bond acceptors (Lipinski definition) is 4. The third-order valence-electron chi connectivity index (χ3n) is 5.55. The summed E-state index contributed by atoms with van der Waals surface area (Å²) in [6, 6.07) is 0. The van der Waals surface area contributed by atoms with E-state index >= 15 is 0 Å². The molecule has 2 unspecified atom stereocenters. The topological polar surface area (TPSA) is 78.8 Å². The predicted octanol–water partition coefficient (Wildman–Crippen LogP) is 2.13. The van der Waals surface area contributed by atoms with Crippen LogP contribution in [-0.4, -0.2) is 28.1 Å². The number of carbonyl (C=O) groups is 2. The van der Waals surface area contributed by atoms with E-state index in [1.165, 1.54) is 0 Å². The lowest BCUT2D eigenvalue weighted by atomic mass is 9.64. The third-order valence-corrected chi connectivity index (χ3v) is 5.55. The summed E-state index contributed by atoms with van der Waals surface area (Å²) in [5.41, 5.74) is -2.48. The van der Waals surface area contributed by atoms with Gasteiger partial charge in [-0.15, -0.1) is 0 Å². The molecule has 0 aliphatic heterocycles. The molecule has 0 saturated heterocycles. The van der Waals surface area contributed by atoms with Crippen LogP contribution in [-0.2, 0) is 9.59 Å². The number of Topliss-reactive ketones (excluding diaryl/α,β-unsaturated/α-hetero) is 1. The summed E-state index contributed by atoms with van der Waals surface area (Å²) in [6.07, 6.45) is 1.19. The number of fused-ring (bicyclic) bond motifs is 2. The number of amides is 1. The van der Waals surface area contributed by atoms with Gasteiger partial charge in [0, 0.05) is 11.0 Å². The van der Waals surface area contributed by atoms with Crippen molar-refractivity contribution in [2.75, 3.05) is 0 Å². The van der Waals surface area contributed by atoms with Gasteiger partial charge < -0.3 is 10.5 Å². The summed E-state index contributed by atoms with van der Waals surface area (Å²) in [5.74, 6) is -0.567. The van der Waals surface area contributed by atoms with Crippen molar-refractivity contribution in [3.63, 3.8) is 0 Å². The highest BCUT2D eigenvalue weighted by atomic mass is 16.4. The average molecular weight is 280 g/mol. The van der Waals surface area contributed by atoms with Crippen molar-refractivity contribution >= 4 is 17.4 Å². The Hall–Kier alpha value is -1.39. The molecule has 20 heavy (non-hydrogen) atoms. The number of nitrogens with zero attached hydrogens (tertiary/aromatic N) is 1. The minimum Gasteiger partial charge on any atom is -0.411 e. The first-order valence-electron chi connectivity index (χ1n) is 7.04. The van der Waals surface area contributed by atoms with E-state index in [0.29, 0.717) is 12.8 Å². The van der Waals surface area contributed by atoms with Crippen molar-refractivity contribution in [3.8, 4) is 0 Å². The van der Waals surface area contributed by atoms with Gasteiger partial charge in [-0.2, -0.15) is 0 Å². The van der Waals surface area contributed by atoms with Crippen molar-refractivity contribution in [2.45, 2.75) is 59.9 Å². The van der Waals surface area contributed by atoms with Crippen LogP contribution in [0, 0.1) is 16.2 Å². The minimum absolute atomic E-state index is 0.151. The largest absolute Gasteiger partial charge is 0.411 e. The zero-order valence-corrected chi connectivity index (χ0v) is 13.1. The molecule has 2 aliphatic carbocycles. The fourth-order valence-electron chi connectivity index (χ4n) is 3.90. The molecule has 2 N–H and O–H groups in total. The lowest BCUT2D eigenvalue weighted by Gasteiger charge is -2.39. The lowest BCUT2D eigenvalue weighted by molar-refractivity contribution is -0.145. The number of ketones is 1. The second-order valence-electron chi connectivity index (χ2n) is 7.84. The number of nitrogens with one attached hydrogen (secondary N) is 1. The quantitative estimate of drug-likeness (QED) is 0.439. The standard InChI is InChI=1S/C15H24N2O3/c1-12(2,3)16-11(19)15-8-7-14(6,13(15,4)5)9(17-20)10(15)18/h20H,7-8H2,1-6H3,(H,16,19). The summed E-state index contributed by atoms with van der Waals surface area (Å²) in [7, 11) is 0. The maximum atomic E-state index is 12.8. The molecule has 2 bridgehead atoms. The maximum Gasteiger partial charge on any atom is 0.235 e. The van der Waals surface area contributed by atoms with Crippen LogP contribution in [0.15, 0.2) is 5.16 Å². The molecule has 2 rings (SSSR count). The fourth-order valence-corrected chi connectivity index (χ4v) is 3.90. The summed E-state index contributed by atoms with van der Waals surface area (Å²) >= 11 is 0. The van der Waals surface area contributed by atoms with Crippen LogP contribution in [0.5, 0.6) is 0 Å². The minimum atomic E-state index is -1.11. The maximum absolute atomic E-state index is 12.8. The van der Waals surface area contributed by atoms with Gasteiger partial charge in [0.25, 0.3) is 0 Å². The van der Waals surface area contributed by atoms with Crippen molar-refractivity contribution in [2.24, 2.45) is 21.4 Å². The monoisotopic (exact) mass is 280 g/mol. The highest BCUT2D eigenvalue weighted by Crippen LogP contribution is 2.69. The zero-order valence-electron chi connectivity index (χ0n) is 13.1. The number of oxime groups is 1. The number of rotatable bonds is 1. The van der Waals surface area contributed by atoms with Gasteiger partial charge in [-0.25, -0.2) is 0 Å². The summed E-state index contributed by atoms with van der Waals surface area (Å²) in [4.78, 5) is 25.5. The van der Waals surface area contributed by atoms with Gasteiger partial charge in [0.05, 0.1) is 0 Å². The van der Waals surface area contributed by atoms with Crippen LogP contribution in [0.25, 0.3) is 0 Å². The molecule has 2 atom stereocenters. The van der Waals surface area contributed by atoms with Crippen LogP contribution in [0.1, 0.15) is 54.4 Å². The first-order chi connectivity index (χ1) is 8.94. The zero-order chi connectivity index (χ0) is 15.6. The molecular formula is C15H24N2O3. The summed E-state index contributed by atoms with van der Waals surface area (Å²) in [5, 5.41) is 15.4. The van der Waals surface area contributed by atoms with Crippen LogP contribution in [0.3, 0.4) is 0 Å². The van der Waals surface area contributed by atoms with Gasteiger partial charge in [0.15, 0.2) is 5.78 Å². The van der Waals surface area contributed by atoms with E-state index in [1.807, 2.05) is 41.5 Å². The van der Waals surface area contributed by atoms with E-state index < -0.39 is 21.8 Å². The second kappa shape index (κ2) is 3.83. The van der Waals surface area contributed by atoms with E-state index in [2.05, 4.69) is 10.5 Å². The summed E-state index contributed by atoms with van der Waals surface area (Å²) < 4.78 is 0. The highest BCUT2D eigenvalue weighted by Gasteiger charge is 2.77. The molecule has 0 aromatic heterocycles. The molecule has 5 heteroatoms. The molecule has 0 heterocycles. The average Bonchev–Trinajstić information content (AvgIpc) is 2.53. The van der Waals surface area contributed by atoms with Gasteiger partial charge >= 0.3 is 0 Å². The Morgan fingerprint density at radius 1 is 1.25 bits per heavy atom. The fraction of sp³-hybridized carbons (Fsp3) is 0.800. The molecular weight excluding hydrogens is 256 g/mol. The molecule has 5 nitrogen and oxygen atoms in total. The first kappa shape index (κ1) is 15.0. The Labute approximate surface area is 119 Å². The molecule has 1 amide bonds. The van der Waals surface area contributed by atoms with Crippen molar-refractivity contribution < 1.29 is 14.8 Å². The van der Waals surface area contributed by atoms with Gasteiger partial charge in [-0.1, -0.05) is 25.9 Å². The van der Waals surface area contributed by atoms with E-state index in [0.717, 1.165) is 0 Å². The SMILES string of the molecule is CC(C)(C)NC(=O)C12CCC(C)(C(=NO)C1=O)C2(C)C. The van der Waals surface area contributed by atoms with Crippen molar-refractivity contribution in [1.82, 2.24) is 5.32 Å². The van der Waals surface area contributed by atoms with E-state index in [1.54, 1.807) is 0 Å². The van der Waals surface area contributed by atoms with Gasteiger partial charge in [0.2, 0.25) is 5.91 Å². The molecule has 112 valence electrons. The van der Waals surface area contributed by atoms with Crippen LogP contribution < -0.4 is 5.32 Å². The molecule has 2 fully saturated rings. The Balaban J connectivity index is 2.56. The molecule has 0 spiro atoms. The molecule has 0 aromatic rings. The normalized spacial score (nSPS) is 37.5. The Morgan fingerprint density at radius 3 is 2.20 bits per heavy atom. The molecule has 2 aliphatic rings. The van der Waals surface area contributed by atoms with Crippen molar-refractivity contribution in [1.29, 1.82) is 0 Å². The second-order valence-corrected chi connectivity index (χ2v) is 7.84. The van der Waals surface area contributed by atoms with Crippen LogP contribution >= 0.6 is 0 Å². The summed E-state index contributed by atoms with van der Waals surface area (Å²) in [6.45, 7) is 11.4. The highest BCUT2D eigenvalue weighted by molar-refractivity contribution is 6.50. The van der Waals surface area contributed by atoms with E-state index in [9.17, 15) is 14.8 Å². The first-order valence-corrected chi connectivity index (χ1v) is 7.04. The molecule has 2 saturated carbocycles. The number of hydrogen-bond donors (Lipinski definition) is 2. The van der Waals surface area contributed by atoms with Gasteiger partial charge in [0.1, 0.15) is 11.1 Å². The van der Waals surface area contributed by atoms with E-state index in [-0.39, 0.29) is 17.4 Å². The number of carbonyl (C=O) groups excluding carboxylic acids is 2. The molecule has 0 radical (unpaired) electrons. The van der Waals surface area contributed by atoms with Crippen LogP contribution in [0.4, 0.5) is 0 Å². The Kier molecular flexibility index (Phi) is 2.87. The van der Waals surface area contributed by atoms with E-state index in [4.69, 9.17) is 0 Å². The van der Waals surface area contributed by atoms with Gasteiger partial charge in [-0.3, -0.25) is 9.59 Å². The van der Waals surface area contributed by atoms with Crippen molar-refractivity contribution in [3.05, 3.63) is 0 Å². The molecule has 0 aromatic carbocycles. The predicted molar refractivity (Wildman–Crippen MR) is 75.7 cm³/mol. The van der Waals surface area contributed by atoms with Crippen LogP contribution in [0.2, 0.25) is 0 Å². The Morgan fingerprint density at radius 2 is 1.80 bits per heavy atom.